The minimum Gasteiger partial charge on any atom is -0.378 e. The smallest absolute Gasteiger partial charge is 0.299 e. The van der Waals surface area contributed by atoms with E-state index in [4.69, 9.17) is 4.74 Å². The largest absolute Gasteiger partial charge is 0.378 e. The number of hydrogen-bond donors (Lipinski definition) is 1. The first kappa shape index (κ1) is 29.8. The fraction of sp³-hybridized carbons (Fsp3) is 0.222. The second-order valence-electron chi connectivity index (χ2n) is 11.1. The minimum atomic E-state index is -1.03. The number of amides is 3. The van der Waals surface area contributed by atoms with Gasteiger partial charge in [0.2, 0.25) is 5.91 Å². The number of aryl methyl sites for hydroxylation is 1. The summed E-state index contributed by atoms with van der Waals surface area (Å²) in [4.78, 5) is 59.1. The van der Waals surface area contributed by atoms with Crippen molar-refractivity contribution in [3.63, 3.8) is 0 Å². The third-order valence-electron chi connectivity index (χ3n) is 8.28. The molecule has 0 aliphatic carbocycles. The van der Waals surface area contributed by atoms with E-state index in [1.807, 2.05) is 85.8 Å². The second-order valence-corrected chi connectivity index (χ2v) is 11.1. The van der Waals surface area contributed by atoms with Gasteiger partial charge < -0.3 is 19.9 Å². The van der Waals surface area contributed by atoms with Crippen LogP contribution >= 0.6 is 0 Å². The maximum atomic E-state index is 14.3. The molecular weight excluding hydrogens is 568 g/mol. The molecular formula is C36H34N4O5. The summed E-state index contributed by atoms with van der Waals surface area (Å²) in [5, 5.41) is 3.02. The van der Waals surface area contributed by atoms with Gasteiger partial charge in [0.05, 0.1) is 24.5 Å². The van der Waals surface area contributed by atoms with Gasteiger partial charge in [-0.05, 0) is 60.0 Å². The van der Waals surface area contributed by atoms with Crippen LogP contribution in [0.15, 0.2) is 103 Å². The summed E-state index contributed by atoms with van der Waals surface area (Å²) in [6, 6.07) is 30.0. The van der Waals surface area contributed by atoms with Gasteiger partial charge in [0.25, 0.3) is 17.6 Å². The quantitative estimate of drug-likeness (QED) is 0.277. The van der Waals surface area contributed by atoms with Gasteiger partial charge in [-0.25, -0.2) is 0 Å². The van der Waals surface area contributed by atoms with Crippen molar-refractivity contribution in [2.45, 2.75) is 19.5 Å². The van der Waals surface area contributed by atoms with Crippen LogP contribution in [0.5, 0.6) is 0 Å². The molecule has 9 nitrogen and oxygen atoms in total. The molecule has 2 aliphatic heterocycles. The molecule has 9 heteroatoms. The molecule has 1 atom stereocenters. The summed E-state index contributed by atoms with van der Waals surface area (Å²) in [5.74, 6) is -2.28. The number of Topliss-reactive ketones (excluding diaryl/α,β-unsaturated/α-hetero) is 1. The molecule has 4 aromatic carbocycles. The van der Waals surface area contributed by atoms with Crippen molar-refractivity contribution in [1.82, 2.24) is 4.90 Å². The van der Waals surface area contributed by atoms with Crippen molar-refractivity contribution in [1.29, 1.82) is 0 Å². The number of nitrogens with zero attached hydrogens (tertiary/aromatic N) is 3. The normalized spacial score (nSPS) is 15.0. The van der Waals surface area contributed by atoms with Crippen LogP contribution in [0.2, 0.25) is 0 Å². The number of ketones is 1. The van der Waals surface area contributed by atoms with Crippen LogP contribution in [0, 0.1) is 6.92 Å². The number of nitrogens with one attached hydrogen (secondary N) is 1. The van der Waals surface area contributed by atoms with Crippen molar-refractivity contribution in [2.75, 3.05) is 48.0 Å². The topological polar surface area (TPSA) is 99.3 Å². The Balaban J connectivity index is 1.33. The van der Waals surface area contributed by atoms with E-state index < -0.39 is 36.1 Å². The van der Waals surface area contributed by atoms with E-state index in [-0.39, 0.29) is 12.1 Å². The minimum absolute atomic E-state index is 0.117. The molecule has 0 saturated carbocycles. The average Bonchev–Trinajstić information content (AvgIpc) is 3.31. The molecule has 2 heterocycles. The predicted octanol–water partition coefficient (Wildman–Crippen LogP) is 4.77. The molecule has 4 aromatic rings. The van der Waals surface area contributed by atoms with Crippen molar-refractivity contribution >= 4 is 40.6 Å². The Kier molecular flexibility index (Phi) is 8.70. The van der Waals surface area contributed by atoms with Crippen LogP contribution < -0.4 is 15.1 Å². The van der Waals surface area contributed by atoms with Gasteiger partial charge >= 0.3 is 0 Å². The van der Waals surface area contributed by atoms with Crippen LogP contribution in [-0.2, 0) is 25.7 Å². The number of hydrogen-bond acceptors (Lipinski definition) is 6. The van der Waals surface area contributed by atoms with Crippen molar-refractivity contribution in [2.24, 2.45) is 0 Å². The maximum absolute atomic E-state index is 14.3. The molecule has 228 valence electrons. The number of para-hydroxylation sites is 1. The van der Waals surface area contributed by atoms with E-state index >= 15 is 0 Å². The fourth-order valence-corrected chi connectivity index (χ4v) is 5.82. The lowest BCUT2D eigenvalue weighted by atomic mass is 10.0. The summed E-state index contributed by atoms with van der Waals surface area (Å²) >= 11 is 0. The Morgan fingerprint density at radius 3 is 2.24 bits per heavy atom. The van der Waals surface area contributed by atoms with Gasteiger partial charge in [0.15, 0.2) is 0 Å². The third kappa shape index (κ3) is 6.34. The van der Waals surface area contributed by atoms with Crippen LogP contribution in [0.1, 0.15) is 33.1 Å². The van der Waals surface area contributed by atoms with Gasteiger partial charge in [-0.1, -0.05) is 66.7 Å². The van der Waals surface area contributed by atoms with Gasteiger partial charge in [-0.15, -0.1) is 0 Å². The van der Waals surface area contributed by atoms with Crippen molar-refractivity contribution < 1.29 is 23.9 Å². The zero-order chi connectivity index (χ0) is 31.3. The molecule has 2 aliphatic rings. The van der Waals surface area contributed by atoms with Gasteiger partial charge in [0.1, 0.15) is 12.6 Å². The number of carbonyl (C=O) groups excluding carboxylic acids is 4. The lowest BCUT2D eigenvalue weighted by molar-refractivity contribution is -0.139. The molecule has 45 heavy (non-hydrogen) atoms. The molecule has 1 saturated heterocycles. The maximum Gasteiger partial charge on any atom is 0.299 e. The first-order valence-corrected chi connectivity index (χ1v) is 15.0. The zero-order valence-corrected chi connectivity index (χ0v) is 25.0. The van der Waals surface area contributed by atoms with Gasteiger partial charge in [-0.3, -0.25) is 24.1 Å². The Hall–Kier alpha value is -5.28. The first-order valence-electron chi connectivity index (χ1n) is 15.0. The zero-order valence-electron chi connectivity index (χ0n) is 25.0. The van der Waals surface area contributed by atoms with E-state index in [1.54, 1.807) is 24.3 Å². The summed E-state index contributed by atoms with van der Waals surface area (Å²) in [7, 11) is 0. The van der Waals surface area contributed by atoms with E-state index in [0.717, 1.165) is 29.9 Å². The highest BCUT2D eigenvalue weighted by atomic mass is 16.5. The summed E-state index contributed by atoms with van der Waals surface area (Å²) < 4.78 is 5.46. The Labute approximate surface area is 262 Å². The number of anilines is 3. The SMILES string of the molecule is Cc1ccccc1CN(C(=O)CN1C(=O)C(=O)c2ccccc21)C(C(=O)Nc1ccc(N2CCOCC2)cc1)c1ccccc1. The van der Waals surface area contributed by atoms with E-state index in [0.29, 0.717) is 30.2 Å². The Morgan fingerprint density at radius 2 is 1.51 bits per heavy atom. The third-order valence-corrected chi connectivity index (χ3v) is 8.28. The fourth-order valence-electron chi connectivity index (χ4n) is 5.82. The second kappa shape index (κ2) is 13.2. The molecule has 3 amide bonds. The van der Waals surface area contributed by atoms with E-state index in [1.165, 1.54) is 9.80 Å². The highest BCUT2D eigenvalue weighted by molar-refractivity contribution is 6.52. The molecule has 0 bridgehead atoms. The van der Waals surface area contributed by atoms with E-state index in [2.05, 4.69) is 10.2 Å². The number of rotatable bonds is 9. The molecule has 1 fully saturated rings. The van der Waals surface area contributed by atoms with Gasteiger partial charge in [-0.2, -0.15) is 0 Å². The Morgan fingerprint density at radius 1 is 0.844 bits per heavy atom. The Bertz CT molecular complexity index is 1720. The number of benzene rings is 4. The number of carbonyl (C=O) groups is 4. The molecule has 0 radical (unpaired) electrons. The molecule has 1 unspecified atom stereocenters. The van der Waals surface area contributed by atoms with Crippen LogP contribution in [0.3, 0.4) is 0 Å². The van der Waals surface area contributed by atoms with Gasteiger partial charge in [0, 0.05) is 31.0 Å². The molecule has 0 spiro atoms. The molecule has 6 rings (SSSR count). The van der Waals surface area contributed by atoms with Crippen LogP contribution in [0.4, 0.5) is 17.1 Å². The number of ether oxygens (including phenoxy) is 1. The van der Waals surface area contributed by atoms with E-state index in [9.17, 15) is 19.2 Å². The first-order chi connectivity index (χ1) is 21.9. The predicted molar refractivity (Wildman–Crippen MR) is 172 cm³/mol. The summed E-state index contributed by atoms with van der Waals surface area (Å²) in [6.45, 7) is 4.62. The number of morpholine rings is 1. The van der Waals surface area contributed by atoms with Crippen LogP contribution in [-0.4, -0.2) is 61.3 Å². The summed E-state index contributed by atoms with van der Waals surface area (Å²) in [6.07, 6.45) is 0. The highest BCUT2D eigenvalue weighted by Crippen LogP contribution is 2.31. The summed E-state index contributed by atoms with van der Waals surface area (Å²) in [5.41, 5.74) is 4.72. The highest BCUT2D eigenvalue weighted by Gasteiger charge is 2.39. The lowest BCUT2D eigenvalue weighted by Crippen LogP contribution is -2.46. The lowest BCUT2D eigenvalue weighted by Gasteiger charge is -2.33. The monoisotopic (exact) mass is 602 g/mol. The van der Waals surface area contributed by atoms with Crippen molar-refractivity contribution in [3.8, 4) is 0 Å². The average molecular weight is 603 g/mol. The molecule has 0 aromatic heterocycles. The van der Waals surface area contributed by atoms with Crippen LogP contribution in [0.25, 0.3) is 0 Å². The number of fused-ring (bicyclic) bond motifs is 1. The molecule has 1 N–H and O–H groups in total. The van der Waals surface area contributed by atoms with Crippen molar-refractivity contribution in [3.05, 3.63) is 125 Å². The standard InChI is InChI=1S/C36H34N4O5/c1-25-9-5-6-12-27(25)23-40(32(41)24-39-31-14-8-7-13-30(31)34(42)36(39)44)33(26-10-3-2-4-11-26)35(43)37-28-15-17-29(18-16-28)38-19-21-45-22-20-38/h2-18,33H,19-24H2,1H3,(H,37,43).